The van der Waals surface area contributed by atoms with Crippen LogP contribution in [0.4, 0.5) is 23.0 Å². The summed E-state index contributed by atoms with van der Waals surface area (Å²) in [6, 6.07) is 19.3. The Balaban J connectivity index is 0.866. The molecule has 5 aromatic rings. The summed E-state index contributed by atoms with van der Waals surface area (Å²) in [7, 11) is 0. The van der Waals surface area contributed by atoms with Crippen LogP contribution in [0.3, 0.4) is 0 Å². The number of amides is 4. The Kier molecular flexibility index (Phi) is 25.1. The SMILES string of the molecule is CCN(CC)c1ccc2c(-c3cc(NC(=S)NCCCCC(NC(=O)CCS)C(=O)NCCCCC(NC(=O)CCC(NC(=O)c4ccc(NCc5cnc6nc(N)[nH]c(=O)c6n5)cc4)C(=O)O)C(=O)O)ccc3C(=O)O)c3ccc(=[N+](CC)CC)cc-3oc2c1. The first-order valence-corrected chi connectivity index (χ1v) is 31.1. The largest absolute Gasteiger partial charge is 0.480 e. The number of unbranched alkanes of at least 4 members (excludes halogenated alkanes) is 2. The van der Waals surface area contributed by atoms with E-state index in [-0.39, 0.29) is 90.2 Å². The maximum absolute atomic E-state index is 13.5. The number of thiol groups is 1. The summed E-state index contributed by atoms with van der Waals surface area (Å²) < 4.78 is 8.85. The van der Waals surface area contributed by atoms with Crippen LogP contribution in [0.15, 0.2) is 94.3 Å². The number of H-pyrrole nitrogens is 1. The first kappa shape index (κ1) is 68.8. The Labute approximate surface area is 535 Å². The topological polar surface area (TPSA) is 381 Å². The number of carbonyl (C=O) groups excluding carboxylic acids is 4. The highest BCUT2D eigenvalue weighted by molar-refractivity contribution is 7.80. The van der Waals surface area contributed by atoms with E-state index in [1.807, 2.05) is 36.4 Å². The van der Waals surface area contributed by atoms with Gasteiger partial charge in [-0.1, -0.05) is 0 Å². The van der Waals surface area contributed by atoms with Crippen molar-refractivity contribution >= 4 is 117 Å². The number of anilines is 4. The molecule has 91 heavy (non-hydrogen) atoms. The summed E-state index contributed by atoms with van der Waals surface area (Å²) in [5.74, 6) is -5.31. The van der Waals surface area contributed by atoms with Crippen LogP contribution in [-0.2, 0) is 30.5 Å². The average Bonchev–Trinajstić information content (AvgIpc) is 0.751. The molecule has 2 aromatic heterocycles. The van der Waals surface area contributed by atoms with Crippen LogP contribution in [0.1, 0.15) is 112 Å². The van der Waals surface area contributed by atoms with Gasteiger partial charge in [0.05, 0.1) is 30.1 Å². The summed E-state index contributed by atoms with van der Waals surface area (Å²) in [6.07, 6.45) is 2.64. The van der Waals surface area contributed by atoms with Crippen molar-refractivity contribution in [3.05, 3.63) is 118 Å². The van der Waals surface area contributed by atoms with Crippen molar-refractivity contribution in [2.75, 3.05) is 66.3 Å². The van der Waals surface area contributed by atoms with E-state index in [1.165, 1.54) is 18.3 Å². The van der Waals surface area contributed by atoms with Gasteiger partial charge in [0, 0.05) is 90.3 Å². The number of carboxylic acid groups (broad SMARTS) is 3. The van der Waals surface area contributed by atoms with Crippen molar-refractivity contribution in [1.82, 2.24) is 51.1 Å². The molecule has 2 aliphatic rings. The third kappa shape index (κ3) is 18.9. The number of aliphatic carboxylic acids is 2. The summed E-state index contributed by atoms with van der Waals surface area (Å²) in [4.78, 5) is 118. The Morgan fingerprint density at radius 3 is 2.07 bits per heavy atom. The predicted molar refractivity (Wildman–Crippen MR) is 354 cm³/mol. The van der Waals surface area contributed by atoms with E-state index in [2.05, 4.69) is 107 Å². The molecule has 0 saturated carbocycles. The van der Waals surface area contributed by atoms with Crippen molar-refractivity contribution in [3.63, 3.8) is 0 Å². The molecular formula is C63H77N14O12S2+. The monoisotopic (exact) mass is 1290 g/mol. The molecule has 26 nitrogen and oxygen atoms in total. The zero-order valence-corrected chi connectivity index (χ0v) is 52.7. The third-order valence-electron chi connectivity index (χ3n) is 15.1. The van der Waals surface area contributed by atoms with Crippen molar-refractivity contribution in [2.24, 2.45) is 0 Å². The number of fused-ring (bicyclic) bond motifs is 3. The molecule has 3 heterocycles. The number of carboxylic acids is 3. The van der Waals surface area contributed by atoms with Crippen LogP contribution in [-0.4, -0.2) is 145 Å². The molecule has 13 N–H and O–H groups in total. The number of nitrogens with one attached hydrogen (secondary N) is 8. The van der Waals surface area contributed by atoms with Gasteiger partial charge in [-0.25, -0.2) is 28.9 Å². The Morgan fingerprint density at radius 2 is 1.40 bits per heavy atom. The van der Waals surface area contributed by atoms with Crippen molar-refractivity contribution in [1.29, 1.82) is 0 Å². The van der Waals surface area contributed by atoms with Crippen LogP contribution >= 0.6 is 24.8 Å². The number of thiocarbonyl (C=S) groups is 1. The summed E-state index contributed by atoms with van der Waals surface area (Å²) in [6.45, 7) is 12.2. The van der Waals surface area contributed by atoms with Gasteiger partial charge in [-0.05, 0) is 157 Å². The van der Waals surface area contributed by atoms with Gasteiger partial charge in [0.1, 0.15) is 42.6 Å². The fraction of sp³-hybridized carbons (Fsp3) is 0.381. The van der Waals surface area contributed by atoms with E-state index in [4.69, 9.17) is 22.4 Å². The molecule has 3 unspecified atom stereocenters. The second-order valence-corrected chi connectivity index (χ2v) is 22.1. The van der Waals surface area contributed by atoms with E-state index < -0.39 is 65.7 Å². The van der Waals surface area contributed by atoms with Crippen molar-refractivity contribution < 1.29 is 53.3 Å². The molecule has 0 bridgehead atoms. The Bertz CT molecular complexity index is 3890. The number of aromatic carboxylic acids is 1. The number of hydrogen-bond donors (Lipinski definition) is 13. The molecular weight excluding hydrogens is 1210 g/mol. The zero-order chi connectivity index (χ0) is 65.7. The first-order valence-electron chi connectivity index (χ1n) is 30.1. The lowest BCUT2D eigenvalue weighted by atomic mass is 9.90. The lowest BCUT2D eigenvalue weighted by Crippen LogP contribution is -2.47. The highest BCUT2D eigenvalue weighted by atomic mass is 32.1. The standard InChI is InChI=1S/C63H76N14O12S2/c1-5-76(6-2)40-20-23-43-49(32-40)89-50-33-41(77(7-3)8-4)21-24-44(50)53(43)45-31-38(19-22-42(45)59(83)84)70-63(91)66-29-12-9-13-46(71-52(79)27-30-90)57(81)65-28-11-10-14-47(60(85)86)72-51(78)26-25-48(61(87)88)73-56(80)36-15-17-37(18-16-36)67-34-39-35-68-55-54(69-39)58(82)75-62(64)74-55/h15-24,31-33,35,46-48,67H,5-14,25-30,34H2,1-4H3,(H12-,64,65,66,68,70,71,72,73,74,75,78,79,80,81,82,83,84,85,86,87,88,90,91)/p+1. The van der Waals surface area contributed by atoms with Crippen LogP contribution < -0.4 is 63.3 Å². The molecule has 3 aromatic carbocycles. The van der Waals surface area contributed by atoms with Crippen LogP contribution in [0.5, 0.6) is 0 Å². The van der Waals surface area contributed by atoms with Crippen molar-refractivity contribution in [3.8, 4) is 22.5 Å². The number of nitrogens with two attached hydrogens (primary N) is 1. The molecule has 3 atom stereocenters. The molecule has 0 saturated heterocycles. The van der Waals surface area contributed by atoms with E-state index in [1.54, 1.807) is 30.3 Å². The van der Waals surface area contributed by atoms with Crippen LogP contribution in [0.25, 0.3) is 44.6 Å². The van der Waals surface area contributed by atoms with Crippen molar-refractivity contribution in [2.45, 2.75) is 110 Å². The number of nitrogen functional groups attached to an aromatic ring is 1. The average molecular weight is 1290 g/mol. The minimum Gasteiger partial charge on any atom is -0.480 e. The number of carbonyl (C=O) groups is 7. The normalized spacial score (nSPS) is 12.1. The number of benzene rings is 4. The van der Waals surface area contributed by atoms with Gasteiger partial charge in [0.15, 0.2) is 16.3 Å². The number of aromatic amines is 1. The maximum atomic E-state index is 13.5. The smallest absolute Gasteiger partial charge is 0.336 e. The summed E-state index contributed by atoms with van der Waals surface area (Å²) in [5.41, 5.74) is 10.4. The maximum Gasteiger partial charge on any atom is 0.336 e. The van der Waals surface area contributed by atoms with Gasteiger partial charge < -0.3 is 67.6 Å². The second-order valence-electron chi connectivity index (χ2n) is 21.3. The van der Waals surface area contributed by atoms with E-state index in [0.29, 0.717) is 65.3 Å². The molecule has 0 spiro atoms. The minimum atomic E-state index is -1.48. The van der Waals surface area contributed by atoms with Gasteiger partial charge >= 0.3 is 17.9 Å². The Morgan fingerprint density at radius 1 is 0.736 bits per heavy atom. The molecule has 0 radical (unpaired) electrons. The van der Waals surface area contributed by atoms with Gasteiger partial charge in [0.25, 0.3) is 11.5 Å². The van der Waals surface area contributed by atoms with E-state index in [0.717, 1.165) is 48.2 Å². The quantitative estimate of drug-likeness (QED) is 0.00787. The lowest BCUT2D eigenvalue weighted by Gasteiger charge is -2.23. The third-order valence-corrected chi connectivity index (χ3v) is 15.6. The Hall–Kier alpha value is -9.70. The molecule has 0 fully saturated rings. The lowest BCUT2D eigenvalue weighted by molar-refractivity contribution is -0.142. The van der Waals surface area contributed by atoms with Crippen LogP contribution in [0, 0.1) is 0 Å². The highest BCUT2D eigenvalue weighted by Crippen LogP contribution is 2.43. The number of nitrogens with zero attached hydrogens (tertiary/aromatic N) is 5. The fourth-order valence-corrected chi connectivity index (χ4v) is 10.7. The van der Waals surface area contributed by atoms with E-state index >= 15 is 0 Å². The van der Waals surface area contributed by atoms with E-state index in [9.17, 15) is 53.7 Å². The number of hydrogen-bond acceptors (Lipinski definition) is 17. The number of rotatable bonds is 33. The van der Waals surface area contributed by atoms with Gasteiger partial charge in [-0.3, -0.25) is 29.0 Å². The molecule has 7 rings (SSSR count). The zero-order valence-electron chi connectivity index (χ0n) is 51.0. The first-order chi connectivity index (χ1) is 43.7. The molecule has 1 aliphatic heterocycles. The molecule has 28 heteroatoms. The summed E-state index contributed by atoms with van der Waals surface area (Å²) >= 11 is 9.86. The molecule has 482 valence electrons. The van der Waals surface area contributed by atoms with Crippen LogP contribution in [0.2, 0.25) is 0 Å². The molecule has 1 aliphatic carbocycles. The van der Waals surface area contributed by atoms with Gasteiger partial charge in [0.2, 0.25) is 29.0 Å². The highest BCUT2D eigenvalue weighted by Gasteiger charge is 2.27. The van der Waals surface area contributed by atoms with Gasteiger partial charge in [-0.15, -0.1) is 0 Å². The molecule has 4 amide bonds. The summed E-state index contributed by atoms with van der Waals surface area (Å²) in [5, 5.41) is 52.2. The fourth-order valence-electron chi connectivity index (χ4n) is 10.3. The number of aromatic nitrogens is 4. The predicted octanol–water partition coefficient (Wildman–Crippen LogP) is 5.56. The minimum absolute atomic E-state index is 0.0118. The second kappa shape index (κ2) is 33.2. The van der Waals surface area contributed by atoms with Gasteiger partial charge in [-0.2, -0.15) is 17.6 Å².